The number of para-hydroxylation sites is 2. The van der Waals surface area contributed by atoms with Crippen LogP contribution >= 0.6 is 0 Å². The van der Waals surface area contributed by atoms with Crippen LogP contribution in [-0.2, 0) is 0 Å². The van der Waals surface area contributed by atoms with Crippen LogP contribution in [0.4, 0.5) is 10.5 Å². The van der Waals surface area contributed by atoms with Gasteiger partial charge in [-0.2, -0.15) is 0 Å². The molecule has 0 saturated heterocycles. The van der Waals surface area contributed by atoms with Gasteiger partial charge in [0.1, 0.15) is 5.82 Å². The van der Waals surface area contributed by atoms with Crippen molar-refractivity contribution in [2.24, 2.45) is 0 Å². The van der Waals surface area contributed by atoms with Crippen LogP contribution in [0.5, 0.6) is 0 Å². The van der Waals surface area contributed by atoms with E-state index in [1.165, 1.54) is 0 Å². The van der Waals surface area contributed by atoms with E-state index in [1.807, 2.05) is 60.1 Å². The second-order valence-corrected chi connectivity index (χ2v) is 7.21. The highest BCUT2D eigenvalue weighted by Gasteiger charge is 2.28. The number of tetrazole rings is 1. The summed E-state index contributed by atoms with van der Waals surface area (Å²) in [5, 5.41) is 17.7. The monoisotopic (exact) mass is 388 g/mol. The third-order valence-corrected chi connectivity index (χ3v) is 4.95. The minimum atomic E-state index is -0.298. The average molecular weight is 388 g/mol. The van der Waals surface area contributed by atoms with Gasteiger partial charge in [0.05, 0.1) is 23.1 Å². The van der Waals surface area contributed by atoms with E-state index in [2.05, 4.69) is 36.1 Å². The van der Waals surface area contributed by atoms with Gasteiger partial charge in [0.25, 0.3) is 0 Å². The molecule has 0 bridgehead atoms. The molecule has 3 N–H and O–H groups in total. The number of fused-ring (bicyclic) bond motifs is 1. The summed E-state index contributed by atoms with van der Waals surface area (Å²) in [7, 11) is 0. The summed E-state index contributed by atoms with van der Waals surface area (Å²) in [6.45, 7) is 1.89. The first kappa shape index (κ1) is 17.4. The maximum Gasteiger partial charge on any atom is 0.319 e. The number of aromatic nitrogens is 6. The molecule has 0 spiro atoms. The van der Waals surface area contributed by atoms with Crippen molar-refractivity contribution in [2.75, 3.05) is 5.32 Å². The zero-order chi connectivity index (χ0) is 19.8. The molecule has 2 aromatic carbocycles. The largest absolute Gasteiger partial charge is 0.340 e. The van der Waals surface area contributed by atoms with Gasteiger partial charge in [-0.25, -0.2) is 14.5 Å². The minimum Gasteiger partial charge on any atom is -0.340 e. The van der Waals surface area contributed by atoms with Crippen LogP contribution in [-0.4, -0.2) is 36.2 Å². The molecule has 2 aromatic heterocycles. The van der Waals surface area contributed by atoms with Crippen molar-refractivity contribution < 1.29 is 4.79 Å². The number of aromatic amines is 1. The van der Waals surface area contributed by atoms with E-state index in [1.54, 1.807) is 0 Å². The number of hydrogen-bond donors (Lipinski definition) is 3. The highest BCUT2D eigenvalue weighted by atomic mass is 16.2. The Bertz CT molecular complexity index is 1130. The van der Waals surface area contributed by atoms with Crippen molar-refractivity contribution in [3.63, 3.8) is 0 Å². The summed E-state index contributed by atoms with van der Waals surface area (Å²) in [4.78, 5) is 20.1. The smallest absolute Gasteiger partial charge is 0.319 e. The summed E-state index contributed by atoms with van der Waals surface area (Å²) < 4.78 is 1.87. The van der Waals surface area contributed by atoms with Crippen molar-refractivity contribution in [1.29, 1.82) is 0 Å². The van der Waals surface area contributed by atoms with Gasteiger partial charge in [0.2, 0.25) is 0 Å². The van der Waals surface area contributed by atoms with Crippen molar-refractivity contribution in [3.05, 3.63) is 54.4 Å². The molecule has 29 heavy (non-hydrogen) atoms. The lowest BCUT2D eigenvalue weighted by atomic mass is 10.2. The number of amides is 2. The average Bonchev–Trinajstić information content (AvgIpc) is 3.28. The second-order valence-electron chi connectivity index (χ2n) is 7.21. The number of nitrogens with one attached hydrogen (secondary N) is 3. The number of carbonyl (C=O) groups excluding carboxylic acids is 1. The van der Waals surface area contributed by atoms with Crippen molar-refractivity contribution >= 4 is 22.8 Å². The van der Waals surface area contributed by atoms with Gasteiger partial charge in [-0.15, -0.1) is 5.10 Å². The Morgan fingerprint density at radius 1 is 1.17 bits per heavy atom. The molecular weight excluding hydrogens is 368 g/mol. The van der Waals surface area contributed by atoms with Crippen LogP contribution in [0.25, 0.3) is 22.4 Å². The van der Waals surface area contributed by atoms with Gasteiger partial charge in [0, 0.05) is 11.3 Å². The number of H-pyrrole nitrogens is 1. The van der Waals surface area contributed by atoms with E-state index >= 15 is 0 Å². The van der Waals surface area contributed by atoms with Gasteiger partial charge in [-0.3, -0.25) is 0 Å². The van der Waals surface area contributed by atoms with Crippen LogP contribution in [0.3, 0.4) is 0 Å². The van der Waals surface area contributed by atoms with Gasteiger partial charge < -0.3 is 15.6 Å². The number of carbonyl (C=O) groups is 1. The molecule has 4 aromatic rings. The summed E-state index contributed by atoms with van der Waals surface area (Å²) in [5.74, 6) is 1.46. The number of urea groups is 1. The van der Waals surface area contributed by atoms with E-state index in [0.29, 0.717) is 17.6 Å². The zero-order valence-electron chi connectivity index (χ0n) is 15.8. The van der Waals surface area contributed by atoms with E-state index < -0.39 is 0 Å². The Morgan fingerprint density at radius 3 is 2.72 bits per heavy atom. The molecule has 9 heteroatoms. The minimum absolute atomic E-state index is 0.259. The second kappa shape index (κ2) is 7.01. The summed E-state index contributed by atoms with van der Waals surface area (Å²) in [6, 6.07) is 15.1. The first-order valence-corrected chi connectivity index (χ1v) is 9.58. The Balaban J connectivity index is 1.24. The fraction of sp³-hybridized carbons (Fsp3) is 0.250. The third-order valence-electron chi connectivity index (χ3n) is 4.95. The highest BCUT2D eigenvalue weighted by molar-refractivity contribution is 5.89. The molecule has 1 unspecified atom stereocenters. The molecule has 1 aliphatic rings. The van der Waals surface area contributed by atoms with Crippen LogP contribution in [0.2, 0.25) is 0 Å². The van der Waals surface area contributed by atoms with E-state index in [4.69, 9.17) is 0 Å². The topological polar surface area (TPSA) is 113 Å². The summed E-state index contributed by atoms with van der Waals surface area (Å²) in [5.41, 5.74) is 3.43. The maximum absolute atomic E-state index is 12.4. The lowest BCUT2D eigenvalue weighted by Gasteiger charge is -2.13. The lowest BCUT2D eigenvalue weighted by Crippen LogP contribution is -2.31. The van der Waals surface area contributed by atoms with Crippen molar-refractivity contribution in [2.45, 2.75) is 31.8 Å². The number of imidazole rings is 1. The van der Waals surface area contributed by atoms with Crippen molar-refractivity contribution in [1.82, 2.24) is 35.5 Å². The Kier molecular flexibility index (Phi) is 4.19. The quantitative estimate of drug-likeness (QED) is 0.485. The summed E-state index contributed by atoms with van der Waals surface area (Å²) >= 11 is 0. The number of nitrogens with zero attached hydrogens (tertiary/aromatic N) is 5. The molecule has 5 rings (SSSR count). The van der Waals surface area contributed by atoms with Crippen LogP contribution < -0.4 is 10.6 Å². The Hall–Kier alpha value is -3.75. The molecule has 0 radical (unpaired) electrons. The predicted octanol–water partition coefficient (Wildman–Crippen LogP) is 3.43. The van der Waals surface area contributed by atoms with Crippen molar-refractivity contribution in [3.8, 4) is 11.4 Å². The van der Waals surface area contributed by atoms with E-state index in [-0.39, 0.29) is 12.1 Å². The number of hydrogen-bond acceptors (Lipinski definition) is 5. The number of anilines is 1. The standard InChI is InChI=1S/C20H20N8O/c1-12(18-23-16-4-2-3-5-17(16)24-18)21-20(29)22-14-8-6-13(7-9-14)19-25-26-27-28(19)15-10-11-15/h2-9,12,15H,10-11H2,1H3,(H,23,24)(H2,21,22,29). The molecule has 1 atom stereocenters. The molecule has 2 amide bonds. The Labute approximate surface area is 166 Å². The third kappa shape index (κ3) is 3.54. The zero-order valence-corrected chi connectivity index (χ0v) is 15.8. The molecule has 2 heterocycles. The molecule has 0 aliphatic heterocycles. The number of rotatable bonds is 5. The fourth-order valence-corrected chi connectivity index (χ4v) is 3.26. The molecule has 1 saturated carbocycles. The highest BCUT2D eigenvalue weighted by Crippen LogP contribution is 2.36. The summed E-state index contributed by atoms with van der Waals surface area (Å²) in [6.07, 6.45) is 2.22. The molecule has 1 fully saturated rings. The van der Waals surface area contributed by atoms with Gasteiger partial charge >= 0.3 is 6.03 Å². The van der Waals surface area contributed by atoms with E-state index in [9.17, 15) is 4.79 Å². The first-order valence-electron chi connectivity index (χ1n) is 9.58. The van der Waals surface area contributed by atoms with Crippen LogP contribution in [0.1, 0.15) is 37.7 Å². The van der Waals surface area contributed by atoms with Gasteiger partial charge in [-0.1, -0.05) is 12.1 Å². The van der Waals surface area contributed by atoms with Crippen LogP contribution in [0.15, 0.2) is 48.5 Å². The molecular formula is C20H20N8O. The predicted molar refractivity (Wildman–Crippen MR) is 108 cm³/mol. The molecule has 9 nitrogen and oxygen atoms in total. The van der Waals surface area contributed by atoms with Gasteiger partial charge in [-0.05, 0) is 66.6 Å². The van der Waals surface area contributed by atoms with E-state index in [0.717, 1.165) is 35.3 Å². The Morgan fingerprint density at radius 2 is 1.97 bits per heavy atom. The number of benzene rings is 2. The van der Waals surface area contributed by atoms with Gasteiger partial charge in [0.15, 0.2) is 5.82 Å². The molecule has 1 aliphatic carbocycles. The SMILES string of the molecule is CC(NC(=O)Nc1ccc(-c2nnnn2C2CC2)cc1)c1nc2ccccc2[nH]1. The maximum atomic E-state index is 12.4. The first-order chi connectivity index (χ1) is 14.2. The normalized spacial score (nSPS) is 14.7. The fourth-order valence-electron chi connectivity index (χ4n) is 3.26. The molecule has 146 valence electrons. The van der Waals surface area contributed by atoms with Crippen LogP contribution in [0, 0.1) is 0 Å². The lowest BCUT2D eigenvalue weighted by molar-refractivity contribution is 0.249.